The third kappa shape index (κ3) is 5.35. The van der Waals surface area contributed by atoms with Gasteiger partial charge < -0.3 is 10.1 Å². The lowest BCUT2D eigenvalue weighted by molar-refractivity contribution is 0.224. The van der Waals surface area contributed by atoms with Crippen LogP contribution < -0.4 is 10.1 Å². The molecule has 0 saturated heterocycles. The number of nitrogens with one attached hydrogen (secondary N) is 1. The molecule has 1 unspecified atom stereocenters. The Balaban J connectivity index is 2.58. The zero-order chi connectivity index (χ0) is 14.8. The van der Waals surface area contributed by atoms with Crippen LogP contribution in [-0.4, -0.2) is 23.1 Å². The van der Waals surface area contributed by atoms with Crippen molar-refractivity contribution in [1.29, 1.82) is 0 Å². The number of nitrogens with zero attached hydrogens (tertiary/aromatic N) is 2. The van der Waals surface area contributed by atoms with Crippen molar-refractivity contribution < 1.29 is 4.74 Å². The van der Waals surface area contributed by atoms with Crippen LogP contribution in [0, 0.1) is 12.8 Å². The van der Waals surface area contributed by atoms with Crippen LogP contribution in [0.3, 0.4) is 0 Å². The second kappa shape index (κ2) is 9.56. The fourth-order valence-corrected chi connectivity index (χ4v) is 2.10. The number of aromatic nitrogens is 2. The Labute approximate surface area is 123 Å². The predicted octanol–water partition coefficient (Wildman–Crippen LogP) is 4.20. The van der Waals surface area contributed by atoms with Crippen LogP contribution >= 0.6 is 0 Å². The molecule has 1 atom stereocenters. The van der Waals surface area contributed by atoms with Gasteiger partial charge in [-0.3, -0.25) is 0 Å². The summed E-state index contributed by atoms with van der Waals surface area (Å²) in [6, 6.07) is 0. The molecule has 0 aliphatic carbocycles. The number of rotatable bonds is 10. The molecule has 0 saturated carbocycles. The van der Waals surface area contributed by atoms with E-state index < -0.39 is 0 Å². The van der Waals surface area contributed by atoms with Gasteiger partial charge in [-0.15, -0.1) is 0 Å². The van der Waals surface area contributed by atoms with Crippen LogP contribution in [0.1, 0.15) is 58.4 Å². The van der Waals surface area contributed by atoms with Crippen LogP contribution in [-0.2, 0) is 0 Å². The summed E-state index contributed by atoms with van der Waals surface area (Å²) in [6.07, 6.45) is 7.56. The summed E-state index contributed by atoms with van der Waals surface area (Å²) in [4.78, 5) is 8.53. The number of hydrogen-bond acceptors (Lipinski definition) is 4. The van der Waals surface area contributed by atoms with Gasteiger partial charge in [-0.2, -0.15) is 0 Å². The molecule has 0 radical (unpaired) electrons. The van der Waals surface area contributed by atoms with E-state index in [0.717, 1.165) is 37.4 Å². The zero-order valence-corrected chi connectivity index (χ0v) is 13.4. The van der Waals surface area contributed by atoms with E-state index in [1.165, 1.54) is 19.3 Å². The van der Waals surface area contributed by atoms with Crippen molar-refractivity contribution >= 4 is 5.82 Å². The van der Waals surface area contributed by atoms with Crippen molar-refractivity contribution in [2.24, 2.45) is 5.92 Å². The van der Waals surface area contributed by atoms with E-state index in [1.54, 1.807) is 6.33 Å². The molecule has 0 amide bonds. The highest BCUT2D eigenvalue weighted by molar-refractivity contribution is 5.47. The standard InChI is InChI=1S/C16H29N3O/c1-5-8-9-14(7-3)11-20-16-13(4)15(17-10-6-2)18-12-19-16/h12,14H,5-11H2,1-4H3,(H,17,18,19). The van der Waals surface area contributed by atoms with Crippen molar-refractivity contribution in [1.82, 2.24) is 9.97 Å². The third-order valence-corrected chi connectivity index (χ3v) is 3.58. The highest BCUT2D eigenvalue weighted by Crippen LogP contribution is 2.22. The minimum atomic E-state index is 0.622. The molecule has 114 valence electrons. The van der Waals surface area contributed by atoms with Gasteiger partial charge in [-0.05, 0) is 25.7 Å². The van der Waals surface area contributed by atoms with Crippen LogP contribution in [0.15, 0.2) is 6.33 Å². The Morgan fingerprint density at radius 2 is 2.00 bits per heavy atom. The molecule has 0 spiro atoms. The maximum Gasteiger partial charge on any atom is 0.221 e. The minimum Gasteiger partial charge on any atom is -0.477 e. The Kier molecular flexibility index (Phi) is 8.00. The molecule has 1 rings (SSSR count). The second-order valence-electron chi connectivity index (χ2n) is 5.31. The van der Waals surface area contributed by atoms with Gasteiger partial charge in [0, 0.05) is 6.54 Å². The average molecular weight is 279 g/mol. The van der Waals surface area contributed by atoms with Gasteiger partial charge >= 0.3 is 0 Å². The molecule has 0 aliphatic rings. The smallest absolute Gasteiger partial charge is 0.221 e. The van der Waals surface area contributed by atoms with E-state index in [9.17, 15) is 0 Å². The Morgan fingerprint density at radius 3 is 2.65 bits per heavy atom. The highest BCUT2D eigenvalue weighted by atomic mass is 16.5. The van der Waals surface area contributed by atoms with E-state index in [0.29, 0.717) is 11.8 Å². The summed E-state index contributed by atoms with van der Waals surface area (Å²) in [5.74, 6) is 2.23. The molecule has 0 fully saturated rings. The van der Waals surface area contributed by atoms with Gasteiger partial charge in [-0.1, -0.05) is 40.0 Å². The number of ether oxygens (including phenoxy) is 1. The van der Waals surface area contributed by atoms with Crippen molar-refractivity contribution in [2.75, 3.05) is 18.5 Å². The fourth-order valence-electron chi connectivity index (χ4n) is 2.10. The van der Waals surface area contributed by atoms with Gasteiger partial charge in [0.15, 0.2) is 0 Å². The molecule has 20 heavy (non-hydrogen) atoms. The summed E-state index contributed by atoms with van der Waals surface area (Å²) in [6.45, 7) is 10.3. The van der Waals surface area contributed by atoms with E-state index in [1.807, 2.05) is 6.92 Å². The largest absolute Gasteiger partial charge is 0.477 e. The average Bonchev–Trinajstić information content (AvgIpc) is 2.47. The quantitative estimate of drug-likeness (QED) is 0.697. The maximum atomic E-state index is 5.92. The molecule has 1 aromatic rings. The minimum absolute atomic E-state index is 0.622. The van der Waals surface area contributed by atoms with Gasteiger partial charge in [0.05, 0.1) is 12.2 Å². The molecule has 4 heteroatoms. The third-order valence-electron chi connectivity index (χ3n) is 3.58. The van der Waals surface area contributed by atoms with E-state index in [4.69, 9.17) is 4.74 Å². The van der Waals surface area contributed by atoms with Gasteiger partial charge in [0.1, 0.15) is 12.1 Å². The summed E-state index contributed by atoms with van der Waals surface area (Å²) < 4.78 is 5.92. The van der Waals surface area contributed by atoms with Crippen LogP contribution in [0.2, 0.25) is 0 Å². The molecule has 0 bridgehead atoms. The van der Waals surface area contributed by atoms with E-state index in [2.05, 4.69) is 36.1 Å². The van der Waals surface area contributed by atoms with E-state index in [-0.39, 0.29) is 0 Å². The molecule has 0 aliphatic heterocycles. The molecule has 1 N–H and O–H groups in total. The molecule has 4 nitrogen and oxygen atoms in total. The lowest BCUT2D eigenvalue weighted by atomic mass is 10.0. The molecular formula is C16H29N3O. The molecule has 1 heterocycles. The number of anilines is 1. The summed E-state index contributed by atoms with van der Waals surface area (Å²) >= 11 is 0. The lowest BCUT2D eigenvalue weighted by Crippen LogP contribution is -2.13. The molecular weight excluding hydrogens is 250 g/mol. The van der Waals surface area contributed by atoms with E-state index >= 15 is 0 Å². The first-order chi connectivity index (χ1) is 9.72. The second-order valence-corrected chi connectivity index (χ2v) is 5.31. The molecule has 0 aromatic carbocycles. The SMILES string of the molecule is CCCCC(CC)COc1ncnc(NCCC)c1C. The lowest BCUT2D eigenvalue weighted by Gasteiger charge is -2.17. The monoisotopic (exact) mass is 279 g/mol. The first kappa shape index (κ1) is 16.7. The van der Waals surface area contributed by atoms with Crippen LogP contribution in [0.5, 0.6) is 5.88 Å². The number of hydrogen-bond donors (Lipinski definition) is 1. The van der Waals surface area contributed by atoms with Crippen molar-refractivity contribution in [3.05, 3.63) is 11.9 Å². The maximum absolute atomic E-state index is 5.92. The van der Waals surface area contributed by atoms with Crippen molar-refractivity contribution in [3.8, 4) is 5.88 Å². The summed E-state index contributed by atoms with van der Waals surface area (Å²) in [5.41, 5.74) is 1.01. The predicted molar refractivity (Wildman–Crippen MR) is 84.4 cm³/mol. The highest BCUT2D eigenvalue weighted by Gasteiger charge is 2.11. The molecule has 1 aromatic heterocycles. The fraction of sp³-hybridized carbons (Fsp3) is 0.750. The van der Waals surface area contributed by atoms with Crippen LogP contribution in [0.25, 0.3) is 0 Å². The van der Waals surface area contributed by atoms with Gasteiger partial charge in [0.25, 0.3) is 0 Å². The topological polar surface area (TPSA) is 47.0 Å². The zero-order valence-electron chi connectivity index (χ0n) is 13.4. The first-order valence-corrected chi connectivity index (χ1v) is 7.91. The first-order valence-electron chi connectivity index (χ1n) is 7.91. The summed E-state index contributed by atoms with van der Waals surface area (Å²) in [5, 5.41) is 3.31. The van der Waals surface area contributed by atoms with Gasteiger partial charge in [0.2, 0.25) is 5.88 Å². The van der Waals surface area contributed by atoms with Crippen LogP contribution in [0.4, 0.5) is 5.82 Å². The Morgan fingerprint density at radius 1 is 1.20 bits per heavy atom. The van der Waals surface area contributed by atoms with Crippen molar-refractivity contribution in [3.63, 3.8) is 0 Å². The number of unbranched alkanes of at least 4 members (excludes halogenated alkanes) is 1. The Bertz CT molecular complexity index is 382. The summed E-state index contributed by atoms with van der Waals surface area (Å²) in [7, 11) is 0. The Hall–Kier alpha value is -1.32. The van der Waals surface area contributed by atoms with Crippen molar-refractivity contribution in [2.45, 2.75) is 59.8 Å². The van der Waals surface area contributed by atoms with Gasteiger partial charge in [-0.25, -0.2) is 9.97 Å². The normalized spacial score (nSPS) is 12.2.